The van der Waals surface area contributed by atoms with Crippen LogP contribution in [0.3, 0.4) is 0 Å². The molecule has 2 rings (SSSR count). The average Bonchev–Trinajstić information content (AvgIpc) is 3.01. The first kappa shape index (κ1) is 14.2. The van der Waals surface area contributed by atoms with Gasteiger partial charge in [0.05, 0.1) is 28.9 Å². The van der Waals surface area contributed by atoms with Gasteiger partial charge in [0.2, 0.25) is 0 Å². The Morgan fingerprint density at radius 3 is 2.84 bits per heavy atom. The molecule has 4 nitrogen and oxygen atoms in total. The molecule has 0 saturated heterocycles. The van der Waals surface area contributed by atoms with E-state index in [1.54, 1.807) is 12.5 Å². The SMILES string of the molecule is CCNC(Cc1c(Cl)c(C)nn1CC)c1ccoc1. The van der Waals surface area contributed by atoms with Crippen molar-refractivity contribution < 1.29 is 4.42 Å². The second kappa shape index (κ2) is 6.26. The van der Waals surface area contributed by atoms with Crippen LogP contribution in [0, 0.1) is 6.92 Å². The van der Waals surface area contributed by atoms with Gasteiger partial charge in [0.1, 0.15) is 0 Å². The van der Waals surface area contributed by atoms with Crippen molar-refractivity contribution in [3.05, 3.63) is 40.6 Å². The van der Waals surface area contributed by atoms with Crippen molar-refractivity contribution in [1.82, 2.24) is 15.1 Å². The highest BCUT2D eigenvalue weighted by Crippen LogP contribution is 2.26. The summed E-state index contributed by atoms with van der Waals surface area (Å²) in [5.74, 6) is 0. The molecule has 0 bridgehead atoms. The van der Waals surface area contributed by atoms with Crippen LogP contribution in [0.5, 0.6) is 0 Å². The number of hydrogen-bond acceptors (Lipinski definition) is 3. The van der Waals surface area contributed by atoms with E-state index in [-0.39, 0.29) is 6.04 Å². The molecule has 1 unspecified atom stereocenters. The van der Waals surface area contributed by atoms with E-state index in [0.717, 1.165) is 41.5 Å². The van der Waals surface area contributed by atoms with Gasteiger partial charge in [-0.1, -0.05) is 18.5 Å². The summed E-state index contributed by atoms with van der Waals surface area (Å²) in [5.41, 5.74) is 3.11. The van der Waals surface area contributed by atoms with Crippen LogP contribution in [-0.2, 0) is 13.0 Å². The van der Waals surface area contributed by atoms with Crippen LogP contribution in [0.4, 0.5) is 0 Å². The van der Waals surface area contributed by atoms with Crippen molar-refractivity contribution >= 4 is 11.6 Å². The summed E-state index contributed by atoms with van der Waals surface area (Å²) in [6.45, 7) is 7.83. The molecule has 0 saturated carbocycles. The van der Waals surface area contributed by atoms with E-state index in [2.05, 4.69) is 24.3 Å². The van der Waals surface area contributed by atoms with Crippen LogP contribution < -0.4 is 5.32 Å². The minimum absolute atomic E-state index is 0.197. The zero-order chi connectivity index (χ0) is 13.8. The number of nitrogens with zero attached hydrogens (tertiary/aromatic N) is 2. The Balaban J connectivity index is 2.27. The molecular formula is C14H20ClN3O. The van der Waals surface area contributed by atoms with Crippen molar-refractivity contribution in [2.75, 3.05) is 6.54 Å². The number of nitrogens with one attached hydrogen (secondary N) is 1. The number of furan rings is 1. The molecule has 0 aliphatic rings. The second-order valence-electron chi connectivity index (χ2n) is 4.53. The average molecular weight is 282 g/mol. The van der Waals surface area contributed by atoms with E-state index in [0.29, 0.717) is 0 Å². The Labute approximate surface area is 118 Å². The fourth-order valence-electron chi connectivity index (χ4n) is 2.28. The Hall–Kier alpha value is -1.26. The lowest BCUT2D eigenvalue weighted by Gasteiger charge is -2.17. The Bertz CT molecular complexity index is 519. The molecule has 5 heteroatoms. The Morgan fingerprint density at radius 2 is 2.26 bits per heavy atom. The third-order valence-electron chi connectivity index (χ3n) is 3.25. The summed E-state index contributed by atoms with van der Waals surface area (Å²) >= 11 is 6.36. The summed E-state index contributed by atoms with van der Waals surface area (Å²) in [4.78, 5) is 0. The van der Waals surface area contributed by atoms with E-state index < -0.39 is 0 Å². The number of likely N-dealkylation sites (N-methyl/N-ethyl adjacent to an activating group) is 1. The quantitative estimate of drug-likeness (QED) is 0.883. The molecule has 19 heavy (non-hydrogen) atoms. The maximum absolute atomic E-state index is 6.36. The zero-order valence-corrected chi connectivity index (χ0v) is 12.4. The van der Waals surface area contributed by atoms with E-state index in [9.17, 15) is 0 Å². The summed E-state index contributed by atoms with van der Waals surface area (Å²) in [5, 5.41) is 8.69. The Morgan fingerprint density at radius 1 is 1.47 bits per heavy atom. The molecule has 0 amide bonds. The molecule has 2 aromatic heterocycles. The summed E-state index contributed by atoms with van der Waals surface area (Å²) in [6.07, 6.45) is 4.28. The summed E-state index contributed by atoms with van der Waals surface area (Å²) in [6, 6.07) is 2.18. The fraction of sp³-hybridized carbons (Fsp3) is 0.500. The van der Waals surface area contributed by atoms with Gasteiger partial charge in [-0.25, -0.2) is 0 Å². The first-order chi connectivity index (χ1) is 9.17. The predicted octanol–water partition coefficient (Wildman–Crippen LogP) is 3.35. The normalized spacial score (nSPS) is 12.8. The summed E-state index contributed by atoms with van der Waals surface area (Å²) < 4.78 is 7.15. The highest BCUT2D eigenvalue weighted by molar-refractivity contribution is 6.31. The number of halogens is 1. The van der Waals surface area contributed by atoms with Gasteiger partial charge in [-0.3, -0.25) is 4.68 Å². The van der Waals surface area contributed by atoms with Gasteiger partial charge in [-0.05, 0) is 26.5 Å². The Kier molecular flexibility index (Phi) is 4.66. The van der Waals surface area contributed by atoms with Gasteiger partial charge in [0, 0.05) is 24.6 Å². The van der Waals surface area contributed by atoms with Crippen LogP contribution in [0.1, 0.15) is 36.8 Å². The largest absolute Gasteiger partial charge is 0.472 e. The molecule has 0 aliphatic carbocycles. The minimum Gasteiger partial charge on any atom is -0.472 e. The van der Waals surface area contributed by atoms with Crippen LogP contribution in [-0.4, -0.2) is 16.3 Å². The van der Waals surface area contributed by atoms with Crippen molar-refractivity contribution in [2.45, 2.75) is 39.8 Å². The molecule has 0 radical (unpaired) electrons. The van der Waals surface area contributed by atoms with Crippen molar-refractivity contribution in [3.8, 4) is 0 Å². The lowest BCUT2D eigenvalue weighted by molar-refractivity contribution is 0.504. The number of aryl methyl sites for hydroxylation is 2. The third kappa shape index (κ3) is 3.01. The predicted molar refractivity (Wildman–Crippen MR) is 76.5 cm³/mol. The molecule has 0 aromatic carbocycles. The number of rotatable bonds is 6. The number of hydrogen-bond donors (Lipinski definition) is 1. The first-order valence-electron chi connectivity index (χ1n) is 6.64. The van der Waals surface area contributed by atoms with Crippen LogP contribution in [0.2, 0.25) is 5.02 Å². The molecule has 0 spiro atoms. The smallest absolute Gasteiger partial charge is 0.0950 e. The summed E-state index contributed by atoms with van der Waals surface area (Å²) in [7, 11) is 0. The number of aromatic nitrogens is 2. The third-order valence-corrected chi connectivity index (χ3v) is 3.74. The van der Waals surface area contributed by atoms with Gasteiger partial charge in [-0.2, -0.15) is 5.10 Å². The highest BCUT2D eigenvalue weighted by atomic mass is 35.5. The van der Waals surface area contributed by atoms with Crippen molar-refractivity contribution in [3.63, 3.8) is 0 Å². The zero-order valence-electron chi connectivity index (χ0n) is 11.6. The maximum atomic E-state index is 6.36. The lowest BCUT2D eigenvalue weighted by Crippen LogP contribution is -2.23. The molecule has 1 atom stereocenters. The van der Waals surface area contributed by atoms with Crippen molar-refractivity contribution in [2.24, 2.45) is 0 Å². The van der Waals surface area contributed by atoms with Crippen LogP contribution in [0.15, 0.2) is 23.0 Å². The van der Waals surface area contributed by atoms with E-state index >= 15 is 0 Å². The van der Waals surface area contributed by atoms with Gasteiger partial charge in [0.15, 0.2) is 0 Å². The molecule has 0 aliphatic heterocycles. The van der Waals surface area contributed by atoms with Crippen LogP contribution in [0.25, 0.3) is 0 Å². The molecule has 1 N–H and O–H groups in total. The molecule has 0 fully saturated rings. The van der Waals surface area contributed by atoms with Crippen LogP contribution >= 0.6 is 11.6 Å². The maximum Gasteiger partial charge on any atom is 0.0950 e. The monoisotopic (exact) mass is 281 g/mol. The minimum atomic E-state index is 0.197. The van der Waals surface area contributed by atoms with E-state index in [4.69, 9.17) is 16.0 Å². The topological polar surface area (TPSA) is 43.0 Å². The molecular weight excluding hydrogens is 262 g/mol. The van der Waals surface area contributed by atoms with Gasteiger partial charge in [0.25, 0.3) is 0 Å². The highest BCUT2D eigenvalue weighted by Gasteiger charge is 2.19. The second-order valence-corrected chi connectivity index (χ2v) is 4.91. The van der Waals surface area contributed by atoms with E-state index in [1.807, 2.05) is 17.7 Å². The van der Waals surface area contributed by atoms with Gasteiger partial charge < -0.3 is 9.73 Å². The van der Waals surface area contributed by atoms with Gasteiger partial charge in [-0.15, -0.1) is 0 Å². The van der Waals surface area contributed by atoms with Gasteiger partial charge >= 0.3 is 0 Å². The molecule has 2 aromatic rings. The standard InChI is InChI=1S/C14H20ClN3O/c1-4-16-12(11-6-7-19-9-11)8-13-14(15)10(3)17-18(13)5-2/h6-7,9,12,16H,4-5,8H2,1-3H3. The molecule has 104 valence electrons. The molecule has 2 heterocycles. The van der Waals surface area contributed by atoms with E-state index in [1.165, 1.54) is 0 Å². The van der Waals surface area contributed by atoms with Crippen molar-refractivity contribution in [1.29, 1.82) is 0 Å². The first-order valence-corrected chi connectivity index (χ1v) is 7.02. The fourth-order valence-corrected chi connectivity index (χ4v) is 2.50. The lowest BCUT2D eigenvalue weighted by atomic mass is 10.0.